The van der Waals surface area contributed by atoms with Gasteiger partial charge >= 0.3 is 0 Å². The molecule has 0 heterocycles. The monoisotopic (exact) mass is 233 g/mol. The van der Waals surface area contributed by atoms with Crippen LogP contribution in [0.15, 0.2) is 0 Å². The van der Waals surface area contributed by atoms with Crippen LogP contribution in [0.25, 0.3) is 0 Å². The summed E-state index contributed by atoms with van der Waals surface area (Å²) in [6, 6.07) is 0. The molecule has 0 aromatic heterocycles. The Balaban J connectivity index is 3.63. The number of ether oxygens (including phenoxy) is 2. The minimum atomic E-state index is -0.843. The summed E-state index contributed by atoms with van der Waals surface area (Å²) in [4.78, 5) is 0. The Morgan fingerprint density at radius 2 is 1.75 bits per heavy atom. The van der Waals surface area contributed by atoms with Gasteiger partial charge in [-0.2, -0.15) is 0 Å². The van der Waals surface area contributed by atoms with Crippen molar-refractivity contribution in [2.75, 3.05) is 19.8 Å². The van der Waals surface area contributed by atoms with Crippen LogP contribution in [0.1, 0.15) is 41.0 Å². The van der Waals surface area contributed by atoms with E-state index < -0.39 is 5.60 Å². The van der Waals surface area contributed by atoms with Crippen LogP contribution in [0, 0.1) is 0 Å². The summed E-state index contributed by atoms with van der Waals surface area (Å²) in [5, 5.41) is 9.74. The zero-order valence-corrected chi connectivity index (χ0v) is 11.2. The van der Waals surface area contributed by atoms with Gasteiger partial charge in [-0.3, -0.25) is 0 Å². The van der Waals surface area contributed by atoms with Gasteiger partial charge in [0.25, 0.3) is 0 Å². The lowest BCUT2D eigenvalue weighted by molar-refractivity contribution is -0.0652. The summed E-state index contributed by atoms with van der Waals surface area (Å²) in [7, 11) is 0. The molecule has 0 spiro atoms. The van der Waals surface area contributed by atoms with Crippen molar-refractivity contribution >= 4 is 0 Å². The molecule has 16 heavy (non-hydrogen) atoms. The molecule has 0 bridgehead atoms. The fourth-order valence-corrected chi connectivity index (χ4v) is 1.36. The molecule has 2 atom stereocenters. The lowest BCUT2D eigenvalue weighted by Crippen LogP contribution is -2.38. The Hall–Kier alpha value is -0.160. The highest BCUT2D eigenvalue weighted by atomic mass is 16.5. The molecule has 4 nitrogen and oxygen atoms in total. The molecule has 4 heteroatoms. The maximum absolute atomic E-state index is 9.74. The molecule has 2 unspecified atom stereocenters. The van der Waals surface area contributed by atoms with E-state index in [1.165, 1.54) is 0 Å². The van der Waals surface area contributed by atoms with Crippen molar-refractivity contribution in [3.8, 4) is 0 Å². The smallest absolute Gasteiger partial charge is 0.0765 e. The van der Waals surface area contributed by atoms with E-state index in [9.17, 15) is 5.11 Å². The summed E-state index contributed by atoms with van der Waals surface area (Å²) >= 11 is 0. The fourth-order valence-electron chi connectivity index (χ4n) is 1.36. The molecule has 0 radical (unpaired) electrons. The van der Waals surface area contributed by atoms with Crippen LogP contribution >= 0.6 is 0 Å². The fraction of sp³-hybridized carbons (Fsp3) is 1.00. The SMILES string of the molecule is CC(CC(C)(O)CN)OCCOC(C)(C)C. The van der Waals surface area contributed by atoms with Gasteiger partial charge in [0.05, 0.1) is 30.5 Å². The average Bonchev–Trinajstić information content (AvgIpc) is 2.10. The molecule has 0 aliphatic rings. The highest BCUT2D eigenvalue weighted by Gasteiger charge is 2.21. The van der Waals surface area contributed by atoms with Gasteiger partial charge < -0.3 is 20.3 Å². The zero-order valence-electron chi connectivity index (χ0n) is 11.2. The van der Waals surface area contributed by atoms with Crippen molar-refractivity contribution in [3.63, 3.8) is 0 Å². The second kappa shape index (κ2) is 6.55. The second-order valence-electron chi connectivity index (χ2n) is 5.55. The Morgan fingerprint density at radius 1 is 1.19 bits per heavy atom. The van der Waals surface area contributed by atoms with Gasteiger partial charge in [-0.25, -0.2) is 0 Å². The number of hydrogen-bond acceptors (Lipinski definition) is 4. The van der Waals surface area contributed by atoms with Crippen molar-refractivity contribution in [2.24, 2.45) is 5.73 Å². The van der Waals surface area contributed by atoms with Crippen molar-refractivity contribution in [2.45, 2.75) is 58.3 Å². The zero-order chi connectivity index (χ0) is 12.8. The summed E-state index contributed by atoms with van der Waals surface area (Å²) < 4.78 is 11.1. The van der Waals surface area contributed by atoms with Crippen LogP contribution < -0.4 is 5.73 Å². The lowest BCUT2D eigenvalue weighted by Gasteiger charge is -2.26. The van der Waals surface area contributed by atoms with Crippen LogP contribution in [-0.4, -0.2) is 42.2 Å². The third kappa shape index (κ3) is 9.09. The lowest BCUT2D eigenvalue weighted by atomic mass is 10.00. The maximum Gasteiger partial charge on any atom is 0.0765 e. The quantitative estimate of drug-likeness (QED) is 0.651. The summed E-state index contributed by atoms with van der Waals surface area (Å²) in [5.41, 5.74) is 4.46. The van der Waals surface area contributed by atoms with Gasteiger partial charge in [0.1, 0.15) is 0 Å². The van der Waals surface area contributed by atoms with E-state index in [0.29, 0.717) is 19.6 Å². The van der Waals surface area contributed by atoms with Crippen molar-refractivity contribution in [3.05, 3.63) is 0 Å². The first-order chi connectivity index (χ1) is 7.16. The van der Waals surface area contributed by atoms with Crippen molar-refractivity contribution in [1.29, 1.82) is 0 Å². The number of hydrogen-bond donors (Lipinski definition) is 2. The third-order valence-corrected chi connectivity index (χ3v) is 2.19. The Bertz CT molecular complexity index is 187. The number of aliphatic hydroxyl groups is 1. The van der Waals surface area contributed by atoms with Crippen LogP contribution in [0.5, 0.6) is 0 Å². The molecule has 0 aromatic rings. The summed E-state index contributed by atoms with van der Waals surface area (Å²) in [6.45, 7) is 11.0. The van der Waals surface area contributed by atoms with E-state index in [1.807, 2.05) is 27.7 Å². The van der Waals surface area contributed by atoms with Crippen molar-refractivity contribution < 1.29 is 14.6 Å². The molecular formula is C12H27NO3. The molecular weight excluding hydrogens is 206 g/mol. The first-order valence-electron chi connectivity index (χ1n) is 5.84. The Labute approximate surface area is 99.1 Å². The molecule has 0 aliphatic heterocycles. The molecule has 0 rings (SSSR count). The van der Waals surface area contributed by atoms with Gasteiger partial charge in [0.2, 0.25) is 0 Å². The molecule has 3 N–H and O–H groups in total. The molecule has 0 fully saturated rings. The first kappa shape index (κ1) is 15.8. The minimum Gasteiger partial charge on any atom is -0.389 e. The van der Waals surface area contributed by atoms with Crippen molar-refractivity contribution in [1.82, 2.24) is 0 Å². The minimum absolute atomic E-state index is 0.0119. The molecule has 98 valence electrons. The highest BCUT2D eigenvalue weighted by Crippen LogP contribution is 2.13. The van der Waals surface area contributed by atoms with E-state index in [1.54, 1.807) is 6.92 Å². The second-order valence-corrected chi connectivity index (χ2v) is 5.55. The molecule has 0 amide bonds. The summed E-state index contributed by atoms with van der Waals surface area (Å²) in [5.74, 6) is 0. The average molecular weight is 233 g/mol. The molecule has 0 saturated carbocycles. The first-order valence-corrected chi connectivity index (χ1v) is 5.84. The van der Waals surface area contributed by atoms with E-state index in [2.05, 4.69) is 0 Å². The standard InChI is InChI=1S/C12H27NO3/c1-10(8-12(5,14)9-13)15-6-7-16-11(2,3)4/h10,14H,6-9,13H2,1-5H3. The largest absolute Gasteiger partial charge is 0.389 e. The van der Waals surface area contributed by atoms with Gasteiger partial charge in [-0.15, -0.1) is 0 Å². The van der Waals surface area contributed by atoms with Crippen LogP contribution in [0.3, 0.4) is 0 Å². The number of rotatable bonds is 7. The Morgan fingerprint density at radius 3 is 2.19 bits per heavy atom. The Kier molecular flexibility index (Phi) is 6.48. The molecule has 0 saturated heterocycles. The third-order valence-electron chi connectivity index (χ3n) is 2.19. The van der Waals surface area contributed by atoms with E-state index in [4.69, 9.17) is 15.2 Å². The van der Waals surface area contributed by atoms with E-state index >= 15 is 0 Å². The maximum atomic E-state index is 9.74. The molecule has 0 aliphatic carbocycles. The van der Waals surface area contributed by atoms with Gasteiger partial charge in [-0.05, 0) is 34.6 Å². The predicted molar refractivity (Wildman–Crippen MR) is 65.4 cm³/mol. The normalized spacial score (nSPS) is 18.2. The van der Waals surface area contributed by atoms with E-state index in [0.717, 1.165) is 0 Å². The topological polar surface area (TPSA) is 64.7 Å². The highest BCUT2D eigenvalue weighted by molar-refractivity contribution is 4.76. The van der Waals surface area contributed by atoms with Gasteiger partial charge in [0, 0.05) is 13.0 Å². The van der Waals surface area contributed by atoms with Gasteiger partial charge in [0.15, 0.2) is 0 Å². The van der Waals surface area contributed by atoms with Gasteiger partial charge in [-0.1, -0.05) is 0 Å². The van der Waals surface area contributed by atoms with E-state index in [-0.39, 0.29) is 18.2 Å². The predicted octanol–water partition coefficient (Wildman–Crippen LogP) is 1.31. The molecule has 0 aromatic carbocycles. The van der Waals surface area contributed by atoms with Crippen LogP contribution in [0.2, 0.25) is 0 Å². The summed E-state index contributed by atoms with van der Waals surface area (Å²) in [6.07, 6.45) is 0.529. The van der Waals surface area contributed by atoms with Crippen LogP contribution in [-0.2, 0) is 9.47 Å². The number of nitrogens with two attached hydrogens (primary N) is 1. The van der Waals surface area contributed by atoms with Crippen LogP contribution in [0.4, 0.5) is 0 Å².